The molecular weight excluding hydrogens is 446 g/mol. The van der Waals surface area contributed by atoms with Gasteiger partial charge in [0.05, 0.1) is 30.0 Å². The summed E-state index contributed by atoms with van der Waals surface area (Å²) in [6.07, 6.45) is 0.631. The number of benzene rings is 2. The Kier molecular flexibility index (Phi) is 5.37. The topological polar surface area (TPSA) is 75.0 Å². The van der Waals surface area contributed by atoms with Gasteiger partial charge in [0, 0.05) is 10.9 Å². The maximum atomic E-state index is 13.3. The molecule has 1 aromatic heterocycles. The summed E-state index contributed by atoms with van der Waals surface area (Å²) >= 11 is 3.48. The second-order valence-electron chi connectivity index (χ2n) is 7.69. The van der Waals surface area contributed by atoms with Gasteiger partial charge in [0.25, 0.3) is 5.91 Å². The van der Waals surface area contributed by atoms with Crippen LogP contribution < -0.4 is 4.90 Å². The van der Waals surface area contributed by atoms with Gasteiger partial charge in [-0.2, -0.15) is 5.10 Å². The normalized spacial score (nSPS) is 20.0. The molecule has 2 N–H and O–H groups in total. The molecule has 2 aliphatic heterocycles. The number of morpholine rings is 1. The minimum absolute atomic E-state index is 0.0180. The Balaban J connectivity index is 1.45. The number of quaternary nitrogens is 1. The molecule has 0 saturated carbocycles. The zero-order chi connectivity index (χ0) is 20.5. The van der Waals surface area contributed by atoms with Crippen LogP contribution in [-0.4, -0.2) is 59.4 Å². The Morgan fingerprint density at radius 3 is 2.70 bits per heavy atom. The maximum Gasteiger partial charge on any atom is 0.298 e. The number of rotatable bonds is 4. The van der Waals surface area contributed by atoms with Crippen molar-refractivity contribution in [3.63, 3.8) is 0 Å². The van der Waals surface area contributed by atoms with Crippen molar-refractivity contribution in [1.82, 2.24) is 15.0 Å². The van der Waals surface area contributed by atoms with Crippen molar-refractivity contribution in [2.45, 2.75) is 12.5 Å². The summed E-state index contributed by atoms with van der Waals surface area (Å²) < 4.78 is 6.44. The Morgan fingerprint density at radius 2 is 1.93 bits per heavy atom. The molecular formula is C22H23BrN5O2+. The van der Waals surface area contributed by atoms with E-state index in [9.17, 15) is 4.79 Å². The van der Waals surface area contributed by atoms with Gasteiger partial charge in [-0.25, -0.2) is 9.99 Å². The van der Waals surface area contributed by atoms with Gasteiger partial charge in [-0.3, -0.25) is 4.79 Å². The number of carbonyl (C=O) groups is 1. The molecule has 0 unspecified atom stereocenters. The fourth-order valence-electron chi connectivity index (χ4n) is 4.03. The van der Waals surface area contributed by atoms with Crippen LogP contribution in [0.4, 0.5) is 0 Å². The molecule has 154 valence electrons. The smallest absolute Gasteiger partial charge is 0.298 e. The highest BCUT2D eigenvalue weighted by Gasteiger charge is 2.36. The van der Waals surface area contributed by atoms with E-state index in [0.717, 1.165) is 45.7 Å². The van der Waals surface area contributed by atoms with Crippen LogP contribution in [0.1, 0.15) is 23.9 Å². The van der Waals surface area contributed by atoms with Crippen LogP contribution in [0, 0.1) is 0 Å². The van der Waals surface area contributed by atoms with Crippen LogP contribution in [0.25, 0.3) is 11.0 Å². The first-order chi connectivity index (χ1) is 14.7. The number of para-hydroxylation sites is 2. The number of fused-ring (bicyclic) bond motifs is 1. The third kappa shape index (κ3) is 3.90. The van der Waals surface area contributed by atoms with Crippen LogP contribution in [0.15, 0.2) is 58.1 Å². The number of hydrogen-bond acceptors (Lipinski definition) is 4. The second kappa shape index (κ2) is 8.29. The Bertz CT molecular complexity index is 1060. The third-order valence-electron chi connectivity index (χ3n) is 5.67. The van der Waals surface area contributed by atoms with Crippen LogP contribution in [0.3, 0.4) is 0 Å². The lowest BCUT2D eigenvalue weighted by Gasteiger charge is -2.26. The molecule has 0 aliphatic carbocycles. The lowest BCUT2D eigenvalue weighted by Crippen LogP contribution is -3.15. The van der Waals surface area contributed by atoms with Gasteiger partial charge < -0.3 is 14.6 Å². The molecule has 1 atom stereocenters. The molecule has 1 saturated heterocycles. The number of ether oxygens (including phenoxy) is 1. The first-order valence-corrected chi connectivity index (χ1v) is 11.0. The van der Waals surface area contributed by atoms with E-state index in [2.05, 4.69) is 20.9 Å². The van der Waals surface area contributed by atoms with Crippen molar-refractivity contribution >= 4 is 38.6 Å². The van der Waals surface area contributed by atoms with E-state index < -0.39 is 0 Å². The van der Waals surface area contributed by atoms with Crippen LogP contribution in [-0.2, 0) is 9.53 Å². The van der Waals surface area contributed by atoms with Gasteiger partial charge in [-0.1, -0.05) is 40.2 Å². The second-order valence-corrected chi connectivity index (χ2v) is 8.61. The molecule has 0 bridgehead atoms. The van der Waals surface area contributed by atoms with Crippen molar-refractivity contribution in [2.24, 2.45) is 5.10 Å². The number of halogens is 1. The lowest BCUT2D eigenvalue weighted by atomic mass is 10.0. The summed E-state index contributed by atoms with van der Waals surface area (Å²) in [5, 5.41) is 6.40. The van der Waals surface area contributed by atoms with Crippen molar-refractivity contribution in [3.05, 3.63) is 64.4 Å². The van der Waals surface area contributed by atoms with Gasteiger partial charge in [-0.15, -0.1) is 0 Å². The highest BCUT2D eigenvalue weighted by atomic mass is 79.9. The number of nitrogens with one attached hydrogen (secondary N) is 2. The lowest BCUT2D eigenvalue weighted by molar-refractivity contribution is -0.900. The summed E-state index contributed by atoms with van der Waals surface area (Å²) in [7, 11) is 0. The van der Waals surface area contributed by atoms with E-state index in [1.165, 1.54) is 4.90 Å². The summed E-state index contributed by atoms with van der Waals surface area (Å²) in [6.45, 7) is 3.50. The summed E-state index contributed by atoms with van der Waals surface area (Å²) in [5.74, 6) is 0.793. The van der Waals surface area contributed by atoms with E-state index in [1.807, 2.05) is 48.5 Å². The zero-order valence-corrected chi connectivity index (χ0v) is 18.1. The Morgan fingerprint density at radius 1 is 1.17 bits per heavy atom. The highest BCUT2D eigenvalue weighted by Crippen LogP contribution is 2.32. The predicted octanol–water partition coefficient (Wildman–Crippen LogP) is 1.92. The first-order valence-electron chi connectivity index (χ1n) is 10.2. The van der Waals surface area contributed by atoms with Crippen molar-refractivity contribution in [2.75, 3.05) is 32.8 Å². The molecule has 7 nitrogen and oxygen atoms in total. The molecule has 1 fully saturated rings. The average Bonchev–Trinajstić information content (AvgIpc) is 3.39. The van der Waals surface area contributed by atoms with Gasteiger partial charge in [0.15, 0.2) is 6.54 Å². The fourth-order valence-corrected chi connectivity index (χ4v) is 4.30. The van der Waals surface area contributed by atoms with Crippen LogP contribution in [0.5, 0.6) is 0 Å². The highest BCUT2D eigenvalue weighted by molar-refractivity contribution is 9.10. The quantitative estimate of drug-likeness (QED) is 0.614. The van der Waals surface area contributed by atoms with Crippen molar-refractivity contribution in [1.29, 1.82) is 0 Å². The van der Waals surface area contributed by atoms with Crippen LogP contribution >= 0.6 is 15.9 Å². The first kappa shape index (κ1) is 19.4. The molecule has 2 aromatic carbocycles. The van der Waals surface area contributed by atoms with E-state index >= 15 is 0 Å². The molecule has 8 heteroatoms. The summed E-state index contributed by atoms with van der Waals surface area (Å²) in [6, 6.07) is 15.7. The Hall–Kier alpha value is -2.55. The third-order valence-corrected chi connectivity index (χ3v) is 6.20. The van der Waals surface area contributed by atoms with Gasteiger partial charge in [-0.05, 0) is 29.8 Å². The molecule has 3 aromatic rings. The number of carbonyl (C=O) groups excluding carboxylic acids is 1. The molecule has 30 heavy (non-hydrogen) atoms. The number of aromatic nitrogens is 2. The predicted molar refractivity (Wildman–Crippen MR) is 117 cm³/mol. The number of amides is 1. The Labute approximate surface area is 182 Å². The summed E-state index contributed by atoms with van der Waals surface area (Å²) in [5.41, 5.74) is 3.79. The molecule has 0 radical (unpaired) electrons. The molecule has 5 rings (SSSR count). The van der Waals surface area contributed by atoms with Gasteiger partial charge >= 0.3 is 0 Å². The maximum absolute atomic E-state index is 13.3. The number of hydrazone groups is 1. The fraction of sp³-hybridized carbons (Fsp3) is 0.318. The molecule has 3 heterocycles. The minimum atomic E-state index is -0.232. The number of hydrogen-bond donors (Lipinski definition) is 2. The molecule has 2 aliphatic rings. The van der Waals surface area contributed by atoms with E-state index in [-0.39, 0.29) is 11.9 Å². The van der Waals surface area contributed by atoms with E-state index in [4.69, 9.17) is 14.8 Å². The van der Waals surface area contributed by atoms with Gasteiger partial charge in [0.2, 0.25) is 0 Å². The monoisotopic (exact) mass is 468 g/mol. The SMILES string of the molecule is O=C(C[NH+]1CCOCC1)N1N=C(c2ccc(Br)cc2)C[C@H]1c1nc2ccccc2[nH]1. The van der Waals surface area contributed by atoms with Crippen LogP contribution in [0.2, 0.25) is 0 Å². The van der Waals surface area contributed by atoms with E-state index in [0.29, 0.717) is 26.2 Å². The number of imidazole rings is 1. The number of H-pyrrole nitrogens is 1. The molecule has 0 spiro atoms. The molecule has 1 amide bonds. The van der Waals surface area contributed by atoms with Crippen molar-refractivity contribution in [3.8, 4) is 0 Å². The average molecular weight is 469 g/mol. The van der Waals surface area contributed by atoms with Gasteiger partial charge in [0.1, 0.15) is 25.0 Å². The largest absolute Gasteiger partial charge is 0.370 e. The minimum Gasteiger partial charge on any atom is -0.370 e. The van der Waals surface area contributed by atoms with E-state index in [1.54, 1.807) is 5.01 Å². The standard InChI is InChI=1S/C22H22BrN5O2/c23-16-7-5-15(6-8-16)19-13-20(22-24-17-3-1-2-4-18(17)25-22)28(26-19)21(29)14-27-9-11-30-12-10-27/h1-8,20H,9-14H2,(H,24,25)/p+1/t20-/m0/s1. The van der Waals surface area contributed by atoms with Crippen molar-refractivity contribution < 1.29 is 14.4 Å². The summed E-state index contributed by atoms with van der Waals surface area (Å²) in [4.78, 5) is 22.6. The number of nitrogens with zero attached hydrogens (tertiary/aromatic N) is 3. The number of aromatic amines is 1. The zero-order valence-electron chi connectivity index (χ0n) is 16.5.